The zero-order valence-corrected chi connectivity index (χ0v) is 14.6. The quantitative estimate of drug-likeness (QED) is 0.851. The van der Waals surface area contributed by atoms with Crippen molar-refractivity contribution >= 4 is 34.8 Å². The molecule has 0 heterocycles. The maximum Gasteiger partial charge on any atom is 0.262 e. The maximum atomic E-state index is 12.0. The minimum atomic E-state index is -0.309. The van der Waals surface area contributed by atoms with Crippen LogP contribution < -0.4 is 14.8 Å². The highest BCUT2D eigenvalue weighted by Gasteiger charge is 2.13. The van der Waals surface area contributed by atoms with Gasteiger partial charge >= 0.3 is 0 Å². The fourth-order valence-corrected chi connectivity index (χ4v) is 2.48. The Morgan fingerprint density at radius 3 is 2.52 bits per heavy atom. The van der Waals surface area contributed by atoms with E-state index in [4.69, 9.17) is 32.7 Å². The number of benzene rings is 2. The summed E-state index contributed by atoms with van der Waals surface area (Å²) < 4.78 is 10.7. The van der Waals surface area contributed by atoms with E-state index in [0.29, 0.717) is 27.2 Å². The minimum Gasteiger partial charge on any atom is -0.495 e. The van der Waals surface area contributed by atoms with Crippen LogP contribution in [0.15, 0.2) is 30.3 Å². The molecule has 0 radical (unpaired) electrons. The predicted octanol–water partition coefficient (Wildman–Crippen LogP) is 4.64. The van der Waals surface area contributed by atoms with E-state index in [1.807, 2.05) is 19.1 Å². The molecule has 0 unspecified atom stereocenters. The number of nitrogens with one attached hydrogen (secondary N) is 1. The molecule has 1 N–H and O–H groups in total. The molecule has 6 heteroatoms. The van der Waals surface area contributed by atoms with Crippen LogP contribution in [0, 0.1) is 13.8 Å². The van der Waals surface area contributed by atoms with E-state index < -0.39 is 0 Å². The predicted molar refractivity (Wildman–Crippen MR) is 93.1 cm³/mol. The summed E-state index contributed by atoms with van der Waals surface area (Å²) in [6.45, 7) is 3.49. The lowest BCUT2D eigenvalue weighted by molar-refractivity contribution is -0.118. The van der Waals surface area contributed by atoms with Crippen LogP contribution in [0.5, 0.6) is 11.5 Å². The van der Waals surface area contributed by atoms with E-state index in [-0.39, 0.29) is 12.5 Å². The van der Waals surface area contributed by atoms with Crippen LogP contribution in [0.3, 0.4) is 0 Å². The highest BCUT2D eigenvalue weighted by molar-refractivity contribution is 6.37. The van der Waals surface area contributed by atoms with Gasteiger partial charge in [-0.1, -0.05) is 35.3 Å². The average Bonchev–Trinajstić information content (AvgIpc) is 2.55. The van der Waals surface area contributed by atoms with Crippen molar-refractivity contribution in [2.75, 3.05) is 19.0 Å². The Hall–Kier alpha value is -1.91. The van der Waals surface area contributed by atoms with Crippen molar-refractivity contribution in [1.29, 1.82) is 0 Å². The molecule has 0 fully saturated rings. The van der Waals surface area contributed by atoms with Crippen molar-refractivity contribution in [3.05, 3.63) is 51.5 Å². The minimum absolute atomic E-state index is 0.168. The number of anilines is 1. The molecule has 23 heavy (non-hydrogen) atoms. The number of halogens is 2. The Labute approximate surface area is 145 Å². The van der Waals surface area contributed by atoms with Gasteiger partial charge in [-0.25, -0.2) is 0 Å². The molecular formula is C17H17Cl2NO3. The summed E-state index contributed by atoms with van der Waals surface area (Å²) in [5, 5.41) is 3.74. The molecule has 0 aliphatic rings. The van der Waals surface area contributed by atoms with Gasteiger partial charge < -0.3 is 14.8 Å². The molecule has 2 aromatic rings. The first kappa shape index (κ1) is 17.4. The smallest absolute Gasteiger partial charge is 0.262 e. The molecule has 0 bridgehead atoms. The third-order valence-electron chi connectivity index (χ3n) is 3.31. The van der Waals surface area contributed by atoms with Gasteiger partial charge in [0, 0.05) is 5.02 Å². The van der Waals surface area contributed by atoms with Crippen LogP contribution in [-0.4, -0.2) is 19.6 Å². The third kappa shape index (κ3) is 4.09. The standard InChI is InChI=1S/C17H17Cl2NO3/c1-10-8-14(17(19)11(2)16(10)18)23-9-15(21)20-12-6-4-5-7-13(12)22-3/h4-8H,9H2,1-3H3,(H,20,21). The van der Waals surface area contributed by atoms with E-state index in [9.17, 15) is 4.79 Å². The summed E-state index contributed by atoms with van der Waals surface area (Å²) >= 11 is 12.3. The first-order valence-corrected chi connectivity index (χ1v) is 7.70. The normalized spacial score (nSPS) is 10.3. The molecule has 2 rings (SSSR count). The van der Waals surface area contributed by atoms with E-state index >= 15 is 0 Å². The Balaban J connectivity index is 2.05. The Kier molecular flexibility index (Phi) is 5.74. The second-order valence-corrected chi connectivity index (χ2v) is 5.74. The van der Waals surface area contributed by atoms with Gasteiger partial charge in [0.2, 0.25) is 0 Å². The zero-order valence-electron chi connectivity index (χ0n) is 13.1. The van der Waals surface area contributed by atoms with Gasteiger partial charge in [-0.3, -0.25) is 4.79 Å². The third-order valence-corrected chi connectivity index (χ3v) is 4.36. The number of carbonyl (C=O) groups is 1. The Bertz CT molecular complexity index is 732. The number of amides is 1. The van der Waals surface area contributed by atoms with Crippen LogP contribution in [-0.2, 0) is 4.79 Å². The Morgan fingerprint density at radius 2 is 1.83 bits per heavy atom. The van der Waals surface area contributed by atoms with E-state index in [1.165, 1.54) is 0 Å². The second kappa shape index (κ2) is 7.57. The van der Waals surface area contributed by atoms with Crippen molar-refractivity contribution in [3.63, 3.8) is 0 Å². The van der Waals surface area contributed by atoms with Crippen molar-refractivity contribution in [3.8, 4) is 11.5 Å². The van der Waals surface area contributed by atoms with Crippen LogP contribution in [0.25, 0.3) is 0 Å². The van der Waals surface area contributed by atoms with Crippen LogP contribution in [0.2, 0.25) is 10.0 Å². The van der Waals surface area contributed by atoms with Gasteiger partial charge in [0.1, 0.15) is 11.5 Å². The number of ether oxygens (including phenoxy) is 2. The number of para-hydroxylation sites is 2. The lowest BCUT2D eigenvalue weighted by atomic mass is 10.1. The first-order valence-electron chi connectivity index (χ1n) is 6.95. The van der Waals surface area contributed by atoms with Crippen LogP contribution >= 0.6 is 23.2 Å². The fourth-order valence-electron chi connectivity index (χ4n) is 2.08. The zero-order chi connectivity index (χ0) is 17.0. The number of aryl methyl sites for hydroxylation is 1. The van der Waals surface area contributed by atoms with E-state index in [0.717, 1.165) is 11.1 Å². The van der Waals surface area contributed by atoms with Gasteiger partial charge in [-0.15, -0.1) is 0 Å². The van der Waals surface area contributed by atoms with E-state index in [1.54, 1.807) is 32.2 Å². The molecule has 122 valence electrons. The van der Waals surface area contributed by atoms with Gasteiger partial charge in [-0.2, -0.15) is 0 Å². The summed E-state index contributed by atoms with van der Waals surface area (Å²) in [6, 6.07) is 8.86. The van der Waals surface area contributed by atoms with E-state index in [2.05, 4.69) is 5.32 Å². The van der Waals surface area contributed by atoms with Gasteiger partial charge in [-0.05, 0) is 43.2 Å². The summed E-state index contributed by atoms with van der Waals surface area (Å²) in [5.41, 5.74) is 2.15. The van der Waals surface area contributed by atoms with Crippen LogP contribution in [0.4, 0.5) is 5.69 Å². The second-order valence-electron chi connectivity index (χ2n) is 4.98. The lowest BCUT2D eigenvalue weighted by Crippen LogP contribution is -2.20. The molecule has 0 spiro atoms. The van der Waals surface area contributed by atoms with Crippen molar-refractivity contribution in [2.24, 2.45) is 0 Å². The largest absolute Gasteiger partial charge is 0.495 e. The summed E-state index contributed by atoms with van der Waals surface area (Å²) in [5.74, 6) is 0.703. The number of methoxy groups -OCH3 is 1. The molecular weight excluding hydrogens is 337 g/mol. The summed E-state index contributed by atoms with van der Waals surface area (Å²) in [7, 11) is 1.54. The highest BCUT2D eigenvalue weighted by Crippen LogP contribution is 2.35. The molecule has 4 nitrogen and oxygen atoms in total. The average molecular weight is 354 g/mol. The maximum absolute atomic E-state index is 12.0. The molecule has 0 saturated carbocycles. The summed E-state index contributed by atoms with van der Waals surface area (Å²) in [4.78, 5) is 12.0. The van der Waals surface area contributed by atoms with Gasteiger partial charge in [0.05, 0.1) is 17.8 Å². The van der Waals surface area contributed by atoms with Gasteiger partial charge in [0.15, 0.2) is 6.61 Å². The Morgan fingerprint density at radius 1 is 1.13 bits per heavy atom. The summed E-state index contributed by atoms with van der Waals surface area (Å²) in [6.07, 6.45) is 0. The van der Waals surface area contributed by atoms with Crippen molar-refractivity contribution in [2.45, 2.75) is 13.8 Å². The number of rotatable bonds is 5. The first-order chi connectivity index (χ1) is 10.9. The fraction of sp³-hybridized carbons (Fsp3) is 0.235. The molecule has 2 aromatic carbocycles. The number of hydrogen-bond acceptors (Lipinski definition) is 3. The lowest BCUT2D eigenvalue weighted by Gasteiger charge is -2.13. The number of hydrogen-bond donors (Lipinski definition) is 1. The molecule has 0 saturated heterocycles. The molecule has 0 aliphatic heterocycles. The SMILES string of the molecule is COc1ccccc1NC(=O)COc1cc(C)c(Cl)c(C)c1Cl. The van der Waals surface area contributed by atoms with Crippen molar-refractivity contribution < 1.29 is 14.3 Å². The monoisotopic (exact) mass is 353 g/mol. The topological polar surface area (TPSA) is 47.6 Å². The van der Waals surface area contributed by atoms with Crippen LogP contribution in [0.1, 0.15) is 11.1 Å². The van der Waals surface area contributed by atoms with Gasteiger partial charge in [0.25, 0.3) is 5.91 Å². The molecule has 0 atom stereocenters. The van der Waals surface area contributed by atoms with Crippen molar-refractivity contribution in [1.82, 2.24) is 0 Å². The molecule has 1 amide bonds. The molecule has 0 aromatic heterocycles. The number of carbonyl (C=O) groups excluding carboxylic acids is 1. The highest BCUT2D eigenvalue weighted by atomic mass is 35.5. The molecule has 0 aliphatic carbocycles.